The van der Waals surface area contributed by atoms with Gasteiger partial charge in [0.1, 0.15) is 11.6 Å². The molecule has 0 spiro atoms. The fourth-order valence-corrected chi connectivity index (χ4v) is 1.97. The third-order valence-electron chi connectivity index (χ3n) is 2.74. The zero-order valence-corrected chi connectivity index (χ0v) is 10.3. The first-order valence-electron chi connectivity index (χ1n) is 5.52. The zero-order chi connectivity index (χ0) is 13.1. The van der Waals surface area contributed by atoms with Crippen LogP contribution in [0.15, 0.2) is 42.5 Å². The molecule has 0 aliphatic carbocycles. The maximum Gasteiger partial charge on any atom is 0.130 e. The van der Waals surface area contributed by atoms with Gasteiger partial charge in [-0.2, -0.15) is 0 Å². The lowest BCUT2D eigenvalue weighted by Gasteiger charge is -2.14. The molecule has 0 aliphatic rings. The fourth-order valence-electron chi connectivity index (χ4n) is 1.84. The van der Waals surface area contributed by atoms with Gasteiger partial charge >= 0.3 is 0 Å². The third kappa shape index (κ3) is 2.86. The summed E-state index contributed by atoms with van der Waals surface area (Å²) >= 11 is 5.76. The van der Waals surface area contributed by atoms with E-state index in [9.17, 15) is 8.78 Å². The van der Waals surface area contributed by atoms with Gasteiger partial charge in [-0.1, -0.05) is 29.8 Å². The van der Waals surface area contributed by atoms with Crippen molar-refractivity contribution in [1.82, 2.24) is 0 Å². The van der Waals surface area contributed by atoms with Crippen LogP contribution in [0, 0.1) is 11.6 Å². The topological polar surface area (TPSA) is 26.0 Å². The van der Waals surface area contributed by atoms with Gasteiger partial charge < -0.3 is 5.73 Å². The van der Waals surface area contributed by atoms with E-state index in [-0.39, 0.29) is 5.56 Å². The van der Waals surface area contributed by atoms with Crippen LogP contribution in [-0.2, 0) is 6.42 Å². The molecule has 0 fully saturated rings. The van der Waals surface area contributed by atoms with E-state index in [1.807, 2.05) is 0 Å². The van der Waals surface area contributed by atoms with Crippen molar-refractivity contribution in [3.05, 3.63) is 70.2 Å². The van der Waals surface area contributed by atoms with E-state index in [0.29, 0.717) is 11.4 Å². The van der Waals surface area contributed by atoms with Gasteiger partial charge in [0.15, 0.2) is 0 Å². The first-order chi connectivity index (χ1) is 8.58. The van der Waals surface area contributed by atoms with Crippen LogP contribution < -0.4 is 5.73 Å². The maximum absolute atomic E-state index is 13.5. The van der Waals surface area contributed by atoms with Crippen molar-refractivity contribution in [3.63, 3.8) is 0 Å². The quantitative estimate of drug-likeness (QED) is 0.898. The van der Waals surface area contributed by atoms with E-state index in [2.05, 4.69) is 0 Å². The molecule has 2 aromatic carbocycles. The Morgan fingerprint density at radius 3 is 2.11 bits per heavy atom. The van der Waals surface area contributed by atoms with Gasteiger partial charge in [0.2, 0.25) is 0 Å². The largest absolute Gasteiger partial charge is 0.323 e. The summed E-state index contributed by atoms with van der Waals surface area (Å²) in [5.41, 5.74) is 6.66. The Kier molecular flexibility index (Phi) is 3.94. The monoisotopic (exact) mass is 267 g/mol. The Hall–Kier alpha value is -1.45. The lowest BCUT2D eigenvalue weighted by Crippen LogP contribution is -2.16. The van der Waals surface area contributed by atoms with Crippen molar-refractivity contribution in [2.75, 3.05) is 0 Å². The van der Waals surface area contributed by atoms with Gasteiger partial charge in [-0.15, -0.1) is 0 Å². The van der Waals surface area contributed by atoms with E-state index in [4.69, 9.17) is 17.3 Å². The van der Waals surface area contributed by atoms with Gasteiger partial charge in [0.25, 0.3) is 0 Å². The van der Waals surface area contributed by atoms with Crippen LogP contribution in [0.3, 0.4) is 0 Å². The molecule has 2 rings (SSSR count). The van der Waals surface area contributed by atoms with E-state index >= 15 is 0 Å². The van der Waals surface area contributed by atoms with Crippen molar-refractivity contribution in [2.45, 2.75) is 12.5 Å². The van der Waals surface area contributed by atoms with Crippen LogP contribution in [-0.4, -0.2) is 0 Å². The van der Waals surface area contributed by atoms with Gasteiger partial charge in [-0.3, -0.25) is 0 Å². The van der Waals surface area contributed by atoms with Crippen molar-refractivity contribution in [3.8, 4) is 0 Å². The molecule has 2 aromatic rings. The number of rotatable bonds is 3. The van der Waals surface area contributed by atoms with Crippen LogP contribution in [0.4, 0.5) is 8.78 Å². The minimum atomic E-state index is -0.715. The number of halogens is 3. The summed E-state index contributed by atoms with van der Waals surface area (Å²) in [7, 11) is 0. The SMILES string of the molecule is NC(Cc1ccc(Cl)cc1)c1c(F)cccc1F. The molecule has 0 bridgehead atoms. The van der Waals surface area contributed by atoms with E-state index < -0.39 is 17.7 Å². The summed E-state index contributed by atoms with van der Waals surface area (Å²) in [6.07, 6.45) is 0.356. The number of hydrogen-bond donors (Lipinski definition) is 1. The lowest BCUT2D eigenvalue weighted by atomic mass is 9.99. The summed E-state index contributed by atoms with van der Waals surface area (Å²) in [6, 6.07) is 10.1. The molecular formula is C14H12ClF2N. The number of hydrogen-bond acceptors (Lipinski definition) is 1. The predicted octanol–water partition coefficient (Wildman–Crippen LogP) is 3.86. The Bertz CT molecular complexity index is 520. The van der Waals surface area contributed by atoms with Crippen LogP contribution in [0.2, 0.25) is 5.02 Å². The van der Waals surface area contributed by atoms with Crippen LogP contribution in [0.5, 0.6) is 0 Å². The van der Waals surface area contributed by atoms with Crippen LogP contribution in [0.25, 0.3) is 0 Å². The average molecular weight is 268 g/mol. The second kappa shape index (κ2) is 5.46. The molecule has 0 saturated heterocycles. The Balaban J connectivity index is 2.22. The molecule has 0 saturated carbocycles. The van der Waals surface area contributed by atoms with Crippen LogP contribution in [0.1, 0.15) is 17.2 Å². The highest BCUT2D eigenvalue weighted by molar-refractivity contribution is 6.30. The minimum absolute atomic E-state index is 0.0764. The first kappa shape index (κ1) is 13.0. The maximum atomic E-state index is 13.5. The van der Waals surface area contributed by atoms with Gasteiger partial charge in [0, 0.05) is 16.6 Å². The summed E-state index contributed by atoms with van der Waals surface area (Å²) < 4.78 is 27.1. The van der Waals surface area contributed by atoms with Crippen molar-refractivity contribution < 1.29 is 8.78 Å². The normalized spacial score (nSPS) is 12.4. The second-order valence-corrected chi connectivity index (χ2v) is 4.51. The molecule has 0 radical (unpaired) electrons. The Morgan fingerprint density at radius 2 is 1.56 bits per heavy atom. The molecule has 0 aromatic heterocycles. The van der Waals surface area contributed by atoms with E-state index in [1.54, 1.807) is 24.3 Å². The molecule has 94 valence electrons. The summed E-state index contributed by atoms with van der Waals surface area (Å²) in [5.74, 6) is -1.23. The highest BCUT2D eigenvalue weighted by Crippen LogP contribution is 2.22. The van der Waals surface area contributed by atoms with Crippen molar-refractivity contribution in [2.24, 2.45) is 5.73 Å². The summed E-state index contributed by atoms with van der Waals surface area (Å²) in [5, 5.41) is 0.615. The standard InChI is InChI=1S/C14H12ClF2N/c15-10-6-4-9(5-7-10)8-13(18)14-11(16)2-1-3-12(14)17/h1-7,13H,8,18H2. The molecule has 0 amide bonds. The highest BCUT2D eigenvalue weighted by atomic mass is 35.5. The summed E-state index contributed by atoms with van der Waals surface area (Å²) in [4.78, 5) is 0. The average Bonchev–Trinajstić information content (AvgIpc) is 2.32. The summed E-state index contributed by atoms with van der Waals surface area (Å²) in [6.45, 7) is 0. The number of nitrogens with two attached hydrogens (primary N) is 1. The molecule has 18 heavy (non-hydrogen) atoms. The zero-order valence-electron chi connectivity index (χ0n) is 9.54. The fraction of sp³-hybridized carbons (Fsp3) is 0.143. The van der Waals surface area contributed by atoms with Crippen molar-refractivity contribution >= 4 is 11.6 Å². The molecule has 1 atom stereocenters. The van der Waals surface area contributed by atoms with Crippen LogP contribution >= 0.6 is 11.6 Å². The number of benzene rings is 2. The molecule has 2 N–H and O–H groups in total. The first-order valence-corrected chi connectivity index (χ1v) is 5.89. The lowest BCUT2D eigenvalue weighted by molar-refractivity contribution is 0.524. The van der Waals surface area contributed by atoms with E-state index in [0.717, 1.165) is 5.56 Å². The third-order valence-corrected chi connectivity index (χ3v) is 2.99. The second-order valence-electron chi connectivity index (χ2n) is 4.07. The predicted molar refractivity (Wildman–Crippen MR) is 68.4 cm³/mol. The van der Waals surface area contributed by atoms with E-state index in [1.165, 1.54) is 18.2 Å². The molecular weight excluding hydrogens is 256 g/mol. The minimum Gasteiger partial charge on any atom is -0.323 e. The van der Waals surface area contributed by atoms with Gasteiger partial charge in [-0.05, 0) is 36.2 Å². The Labute approximate surface area is 109 Å². The Morgan fingerprint density at radius 1 is 1.00 bits per heavy atom. The molecule has 1 nitrogen and oxygen atoms in total. The van der Waals surface area contributed by atoms with Crippen molar-refractivity contribution in [1.29, 1.82) is 0 Å². The highest BCUT2D eigenvalue weighted by Gasteiger charge is 2.16. The smallest absolute Gasteiger partial charge is 0.130 e. The molecule has 1 unspecified atom stereocenters. The van der Waals surface area contributed by atoms with Gasteiger partial charge in [-0.25, -0.2) is 8.78 Å². The van der Waals surface area contributed by atoms with Gasteiger partial charge in [0.05, 0.1) is 0 Å². The molecule has 4 heteroatoms. The molecule has 0 heterocycles. The molecule has 0 aliphatic heterocycles.